The summed E-state index contributed by atoms with van der Waals surface area (Å²) in [6, 6.07) is 12.7. The van der Waals surface area contributed by atoms with Gasteiger partial charge in [0.05, 0.1) is 5.56 Å². The van der Waals surface area contributed by atoms with E-state index in [-0.39, 0.29) is 0 Å². The summed E-state index contributed by atoms with van der Waals surface area (Å²) >= 11 is 12.1. The third kappa shape index (κ3) is 2.54. The zero-order chi connectivity index (χ0) is 14.3. The molecule has 0 heterocycles. The third-order valence-corrected chi connectivity index (χ3v) is 4.30. The Morgan fingerprint density at radius 2 is 1.75 bits per heavy atom. The van der Waals surface area contributed by atoms with Gasteiger partial charge in [0.15, 0.2) is 0 Å². The van der Waals surface area contributed by atoms with Gasteiger partial charge in [0.25, 0.3) is 0 Å². The molecule has 1 aliphatic rings. The number of aromatic carboxylic acids is 1. The van der Waals surface area contributed by atoms with E-state index in [0.29, 0.717) is 27.4 Å². The number of rotatable bonds is 3. The Hall–Kier alpha value is -1.51. The van der Waals surface area contributed by atoms with Gasteiger partial charge in [0, 0.05) is 10.0 Å². The van der Waals surface area contributed by atoms with Crippen LogP contribution < -0.4 is 0 Å². The largest absolute Gasteiger partial charge is 0.478 e. The molecule has 20 heavy (non-hydrogen) atoms. The highest BCUT2D eigenvalue weighted by Crippen LogP contribution is 2.56. The van der Waals surface area contributed by atoms with E-state index in [1.54, 1.807) is 18.2 Å². The molecule has 0 aliphatic heterocycles. The number of hydrogen-bond donors (Lipinski definition) is 1. The fraction of sp³-hybridized carbons (Fsp3) is 0.188. The number of benzene rings is 2. The van der Waals surface area contributed by atoms with Crippen LogP contribution in [-0.4, -0.2) is 11.1 Å². The van der Waals surface area contributed by atoms with Crippen LogP contribution in [0.15, 0.2) is 42.5 Å². The summed E-state index contributed by atoms with van der Waals surface area (Å²) in [5.74, 6) is -0.0865. The first-order valence-electron chi connectivity index (χ1n) is 6.34. The molecule has 2 aromatic rings. The average Bonchev–Trinajstić information content (AvgIpc) is 3.19. The van der Waals surface area contributed by atoms with Gasteiger partial charge in [-0.25, -0.2) is 4.79 Å². The molecule has 2 aromatic carbocycles. The highest BCUT2D eigenvalue weighted by molar-refractivity contribution is 6.35. The Kier molecular flexibility index (Phi) is 3.45. The van der Waals surface area contributed by atoms with Gasteiger partial charge in [-0.3, -0.25) is 0 Å². The van der Waals surface area contributed by atoms with Crippen molar-refractivity contribution in [1.82, 2.24) is 0 Å². The number of hydrogen-bond acceptors (Lipinski definition) is 1. The van der Waals surface area contributed by atoms with Gasteiger partial charge in [0.2, 0.25) is 0 Å². The van der Waals surface area contributed by atoms with Crippen molar-refractivity contribution < 1.29 is 9.90 Å². The summed E-state index contributed by atoms with van der Waals surface area (Å²) in [5, 5.41) is 10.2. The predicted molar refractivity (Wildman–Crippen MR) is 80.0 cm³/mol. The van der Waals surface area contributed by atoms with Gasteiger partial charge in [-0.2, -0.15) is 0 Å². The van der Waals surface area contributed by atoms with Crippen LogP contribution in [0.1, 0.15) is 39.7 Å². The Morgan fingerprint density at radius 3 is 2.35 bits per heavy atom. The molecule has 0 radical (unpaired) electrons. The number of carboxylic acid groups (broad SMARTS) is 1. The van der Waals surface area contributed by atoms with Gasteiger partial charge < -0.3 is 5.11 Å². The molecule has 2 nitrogen and oxygen atoms in total. The molecule has 0 spiro atoms. The molecule has 0 unspecified atom stereocenters. The van der Waals surface area contributed by atoms with Crippen molar-refractivity contribution in [3.8, 4) is 0 Å². The minimum Gasteiger partial charge on any atom is -0.478 e. The highest BCUT2D eigenvalue weighted by Gasteiger charge is 2.40. The van der Waals surface area contributed by atoms with E-state index in [4.69, 9.17) is 28.3 Å². The molecular formula is C16H12Cl2O2. The maximum atomic E-state index is 10.8. The zero-order valence-corrected chi connectivity index (χ0v) is 12.0. The Bertz CT molecular complexity index is 665. The molecule has 2 atom stereocenters. The van der Waals surface area contributed by atoms with Crippen molar-refractivity contribution >= 4 is 29.2 Å². The SMILES string of the molecule is O=C(O)c1ccc([C@@H]2C[C@@H]2c2ccc(Cl)cc2Cl)cc1. The molecule has 1 fully saturated rings. The standard InChI is InChI=1S/C16H12Cl2O2/c17-11-5-6-12(15(18)7-11)14-8-13(14)9-1-3-10(4-2-9)16(19)20/h1-7,13-14H,8H2,(H,19,20)/t13-,14+/m0/s1. The van der Waals surface area contributed by atoms with E-state index < -0.39 is 5.97 Å². The van der Waals surface area contributed by atoms with Crippen LogP contribution in [0.2, 0.25) is 10.0 Å². The number of halogens is 2. The first-order chi connectivity index (χ1) is 9.56. The van der Waals surface area contributed by atoms with Gasteiger partial charge in [0.1, 0.15) is 0 Å². The van der Waals surface area contributed by atoms with Crippen LogP contribution >= 0.6 is 23.2 Å². The van der Waals surface area contributed by atoms with Gasteiger partial charge >= 0.3 is 5.97 Å². The topological polar surface area (TPSA) is 37.3 Å². The summed E-state index contributed by atoms with van der Waals surface area (Å²) < 4.78 is 0. The van der Waals surface area contributed by atoms with E-state index in [0.717, 1.165) is 17.5 Å². The third-order valence-electron chi connectivity index (χ3n) is 3.74. The lowest BCUT2D eigenvalue weighted by molar-refractivity contribution is 0.0697. The molecule has 4 heteroatoms. The van der Waals surface area contributed by atoms with Gasteiger partial charge in [-0.15, -0.1) is 0 Å². The fourth-order valence-corrected chi connectivity index (χ4v) is 3.13. The Morgan fingerprint density at radius 1 is 1.05 bits per heavy atom. The van der Waals surface area contributed by atoms with E-state index in [1.807, 2.05) is 24.3 Å². The van der Waals surface area contributed by atoms with Crippen molar-refractivity contribution in [2.75, 3.05) is 0 Å². The molecule has 1 aliphatic carbocycles. The molecule has 1 saturated carbocycles. The summed E-state index contributed by atoms with van der Waals surface area (Å²) in [6.45, 7) is 0. The maximum Gasteiger partial charge on any atom is 0.335 e. The zero-order valence-electron chi connectivity index (χ0n) is 10.5. The summed E-state index contributed by atoms with van der Waals surface area (Å²) in [6.07, 6.45) is 1.04. The smallest absolute Gasteiger partial charge is 0.335 e. The van der Waals surface area contributed by atoms with Crippen LogP contribution in [-0.2, 0) is 0 Å². The summed E-state index contributed by atoms with van der Waals surface area (Å²) in [4.78, 5) is 10.8. The van der Waals surface area contributed by atoms with Crippen molar-refractivity contribution in [3.63, 3.8) is 0 Å². The minimum absolute atomic E-state index is 0.315. The van der Waals surface area contributed by atoms with Gasteiger partial charge in [-0.05, 0) is 53.6 Å². The Balaban J connectivity index is 1.80. The van der Waals surface area contributed by atoms with E-state index >= 15 is 0 Å². The minimum atomic E-state index is -0.898. The molecule has 3 rings (SSSR count). The summed E-state index contributed by atoms with van der Waals surface area (Å²) in [7, 11) is 0. The number of carboxylic acids is 1. The monoisotopic (exact) mass is 306 g/mol. The normalized spacial score (nSPS) is 20.7. The lowest BCUT2D eigenvalue weighted by Gasteiger charge is -2.05. The van der Waals surface area contributed by atoms with Crippen LogP contribution in [0.25, 0.3) is 0 Å². The second-order valence-electron chi connectivity index (χ2n) is 5.04. The lowest BCUT2D eigenvalue weighted by atomic mass is 10.0. The molecule has 1 N–H and O–H groups in total. The molecule has 0 saturated heterocycles. The lowest BCUT2D eigenvalue weighted by Crippen LogP contribution is -1.95. The molecule has 0 aromatic heterocycles. The van der Waals surface area contributed by atoms with Crippen LogP contribution in [0.3, 0.4) is 0 Å². The van der Waals surface area contributed by atoms with E-state index in [9.17, 15) is 4.79 Å². The van der Waals surface area contributed by atoms with Crippen LogP contribution in [0.5, 0.6) is 0 Å². The van der Waals surface area contributed by atoms with Crippen molar-refractivity contribution in [2.24, 2.45) is 0 Å². The molecule has 0 amide bonds. The van der Waals surface area contributed by atoms with Crippen LogP contribution in [0.4, 0.5) is 0 Å². The van der Waals surface area contributed by atoms with Gasteiger partial charge in [-0.1, -0.05) is 41.4 Å². The summed E-state index contributed by atoms with van der Waals surface area (Å²) in [5.41, 5.74) is 2.59. The fourth-order valence-electron chi connectivity index (χ4n) is 2.58. The number of carbonyl (C=O) groups is 1. The van der Waals surface area contributed by atoms with Crippen molar-refractivity contribution in [3.05, 3.63) is 69.2 Å². The van der Waals surface area contributed by atoms with Crippen LogP contribution in [0, 0.1) is 0 Å². The first kappa shape index (κ1) is 13.5. The Labute approximate surface area is 127 Å². The van der Waals surface area contributed by atoms with Crippen molar-refractivity contribution in [1.29, 1.82) is 0 Å². The van der Waals surface area contributed by atoms with E-state index in [1.165, 1.54) is 0 Å². The second kappa shape index (κ2) is 5.12. The molecular weight excluding hydrogens is 295 g/mol. The molecule has 0 bridgehead atoms. The average molecular weight is 307 g/mol. The maximum absolute atomic E-state index is 10.8. The molecule has 102 valence electrons. The van der Waals surface area contributed by atoms with E-state index in [2.05, 4.69) is 0 Å². The second-order valence-corrected chi connectivity index (χ2v) is 5.89. The predicted octanol–water partition coefficient (Wildman–Crippen LogP) is 4.96. The quantitative estimate of drug-likeness (QED) is 0.870. The van der Waals surface area contributed by atoms with Crippen molar-refractivity contribution in [2.45, 2.75) is 18.3 Å². The first-order valence-corrected chi connectivity index (χ1v) is 7.10. The highest BCUT2D eigenvalue weighted by atomic mass is 35.5.